The molecule has 1 rings (SSSR count). The van der Waals surface area contributed by atoms with Crippen molar-refractivity contribution in [3.63, 3.8) is 0 Å². The molecule has 0 bridgehead atoms. The number of rotatable bonds is 8. The van der Waals surface area contributed by atoms with Crippen molar-refractivity contribution >= 4 is 18.0 Å². The molecule has 0 atom stereocenters. The fraction of sp³-hybridized carbons (Fsp3) is 0.412. The molecule has 0 saturated carbocycles. The summed E-state index contributed by atoms with van der Waals surface area (Å²) < 4.78 is 0. The highest BCUT2D eigenvalue weighted by molar-refractivity contribution is 5.91. The van der Waals surface area contributed by atoms with E-state index in [1.807, 2.05) is 12.1 Å². The normalized spacial score (nSPS) is 11.0. The lowest BCUT2D eigenvalue weighted by Crippen LogP contribution is -2.22. The second-order valence-corrected chi connectivity index (χ2v) is 5.30. The minimum atomic E-state index is -0.800. The Labute approximate surface area is 125 Å². The van der Waals surface area contributed by atoms with Crippen molar-refractivity contribution in [2.24, 2.45) is 0 Å². The molecule has 1 aromatic carbocycles. The number of hydrogen-bond acceptors (Lipinski definition) is 2. The van der Waals surface area contributed by atoms with Crippen molar-refractivity contribution in [1.82, 2.24) is 5.32 Å². The second kappa shape index (κ2) is 8.95. The van der Waals surface area contributed by atoms with Gasteiger partial charge in [-0.1, -0.05) is 38.1 Å². The number of carbonyl (C=O) groups is 2. The van der Waals surface area contributed by atoms with Gasteiger partial charge in [-0.15, -0.1) is 0 Å². The highest BCUT2D eigenvalue weighted by Crippen LogP contribution is 2.15. The number of hydrogen-bond donors (Lipinski definition) is 2. The van der Waals surface area contributed by atoms with Crippen LogP contribution in [0, 0.1) is 0 Å². The van der Waals surface area contributed by atoms with Gasteiger partial charge in [-0.2, -0.15) is 0 Å². The average molecular weight is 289 g/mol. The Bertz CT molecular complexity index is 489. The summed E-state index contributed by atoms with van der Waals surface area (Å²) in [5.74, 6) is -0.457. The number of aliphatic carboxylic acids is 1. The molecule has 0 aliphatic carbocycles. The standard InChI is InChI=1S/C17H23NO3/c1-13(2)15-9-6-14(7-10-15)8-11-16(19)18-12-4-3-5-17(20)21/h6-11,13H,3-5,12H2,1-2H3,(H,18,19)(H,20,21). The van der Waals surface area contributed by atoms with Crippen molar-refractivity contribution in [2.45, 2.75) is 39.0 Å². The van der Waals surface area contributed by atoms with Crippen LogP contribution in [0.4, 0.5) is 0 Å². The van der Waals surface area contributed by atoms with E-state index in [1.54, 1.807) is 6.08 Å². The van der Waals surface area contributed by atoms with E-state index < -0.39 is 5.97 Å². The van der Waals surface area contributed by atoms with Gasteiger partial charge in [0.15, 0.2) is 0 Å². The van der Waals surface area contributed by atoms with Gasteiger partial charge in [-0.25, -0.2) is 0 Å². The largest absolute Gasteiger partial charge is 0.481 e. The van der Waals surface area contributed by atoms with Crippen molar-refractivity contribution in [1.29, 1.82) is 0 Å². The van der Waals surface area contributed by atoms with Crippen LogP contribution in [0.1, 0.15) is 50.2 Å². The number of carboxylic acids is 1. The topological polar surface area (TPSA) is 66.4 Å². The lowest BCUT2D eigenvalue weighted by molar-refractivity contribution is -0.137. The van der Waals surface area contributed by atoms with Gasteiger partial charge >= 0.3 is 5.97 Å². The van der Waals surface area contributed by atoms with Gasteiger partial charge in [0.1, 0.15) is 0 Å². The van der Waals surface area contributed by atoms with E-state index in [0.717, 1.165) is 5.56 Å². The number of nitrogens with one attached hydrogen (secondary N) is 1. The summed E-state index contributed by atoms with van der Waals surface area (Å²) in [6.45, 7) is 4.79. The summed E-state index contributed by atoms with van der Waals surface area (Å²) in [6, 6.07) is 8.11. The fourth-order valence-corrected chi connectivity index (χ4v) is 1.84. The first-order chi connectivity index (χ1) is 9.99. The smallest absolute Gasteiger partial charge is 0.303 e. The van der Waals surface area contributed by atoms with Crippen LogP contribution in [0.25, 0.3) is 6.08 Å². The first kappa shape index (κ1) is 17.0. The molecular weight excluding hydrogens is 266 g/mol. The van der Waals surface area contributed by atoms with Crippen molar-refractivity contribution in [3.05, 3.63) is 41.5 Å². The predicted molar refractivity (Wildman–Crippen MR) is 84.1 cm³/mol. The van der Waals surface area contributed by atoms with E-state index in [2.05, 4.69) is 31.3 Å². The lowest BCUT2D eigenvalue weighted by atomic mass is 10.0. The molecule has 0 fully saturated rings. The Morgan fingerprint density at radius 1 is 1.19 bits per heavy atom. The number of carboxylic acid groups (broad SMARTS) is 1. The molecule has 0 aliphatic heterocycles. The molecule has 0 unspecified atom stereocenters. The van der Waals surface area contributed by atoms with Crippen LogP contribution in [0.3, 0.4) is 0 Å². The minimum Gasteiger partial charge on any atom is -0.481 e. The van der Waals surface area contributed by atoms with Crippen LogP contribution in [-0.4, -0.2) is 23.5 Å². The average Bonchev–Trinajstić information content (AvgIpc) is 2.44. The Morgan fingerprint density at radius 3 is 2.43 bits per heavy atom. The zero-order chi connectivity index (χ0) is 15.7. The fourth-order valence-electron chi connectivity index (χ4n) is 1.84. The van der Waals surface area contributed by atoms with Gasteiger partial charge in [0.2, 0.25) is 5.91 Å². The SMILES string of the molecule is CC(C)c1ccc(C=CC(=O)NCCCCC(=O)O)cc1. The minimum absolute atomic E-state index is 0.147. The molecule has 0 saturated heterocycles. The highest BCUT2D eigenvalue weighted by Gasteiger charge is 1.99. The Balaban J connectivity index is 2.31. The Morgan fingerprint density at radius 2 is 1.86 bits per heavy atom. The second-order valence-electron chi connectivity index (χ2n) is 5.30. The van der Waals surface area contributed by atoms with Crippen molar-refractivity contribution < 1.29 is 14.7 Å². The monoisotopic (exact) mass is 289 g/mol. The van der Waals surface area contributed by atoms with E-state index in [9.17, 15) is 9.59 Å². The van der Waals surface area contributed by atoms with E-state index >= 15 is 0 Å². The molecular formula is C17H23NO3. The summed E-state index contributed by atoms with van der Waals surface area (Å²) in [6.07, 6.45) is 4.68. The number of carbonyl (C=O) groups excluding carboxylic acids is 1. The van der Waals surface area contributed by atoms with Gasteiger partial charge in [-0.05, 0) is 36.0 Å². The molecule has 21 heavy (non-hydrogen) atoms. The highest BCUT2D eigenvalue weighted by atomic mass is 16.4. The van der Waals surface area contributed by atoms with E-state index in [-0.39, 0.29) is 12.3 Å². The van der Waals surface area contributed by atoms with Gasteiger partial charge in [0.05, 0.1) is 0 Å². The van der Waals surface area contributed by atoms with Crippen LogP contribution in [0.5, 0.6) is 0 Å². The third kappa shape index (κ3) is 7.30. The number of benzene rings is 1. The molecule has 2 N–H and O–H groups in total. The summed E-state index contributed by atoms with van der Waals surface area (Å²) >= 11 is 0. The predicted octanol–water partition coefficient (Wildman–Crippen LogP) is 3.19. The van der Waals surface area contributed by atoms with Crippen molar-refractivity contribution in [3.8, 4) is 0 Å². The van der Waals surface area contributed by atoms with Gasteiger partial charge < -0.3 is 10.4 Å². The third-order valence-corrected chi connectivity index (χ3v) is 3.15. The van der Waals surface area contributed by atoms with Gasteiger partial charge in [0, 0.05) is 19.0 Å². The molecule has 0 spiro atoms. The van der Waals surface area contributed by atoms with Gasteiger partial charge in [0.25, 0.3) is 0 Å². The molecule has 4 nitrogen and oxygen atoms in total. The molecule has 0 aromatic heterocycles. The molecule has 4 heteroatoms. The number of amides is 1. The summed E-state index contributed by atoms with van der Waals surface area (Å²) in [7, 11) is 0. The molecule has 114 valence electrons. The van der Waals surface area contributed by atoms with Crippen LogP contribution < -0.4 is 5.32 Å². The van der Waals surface area contributed by atoms with Crippen LogP contribution >= 0.6 is 0 Å². The van der Waals surface area contributed by atoms with E-state index in [1.165, 1.54) is 11.6 Å². The molecule has 0 aliphatic rings. The summed E-state index contributed by atoms with van der Waals surface area (Å²) in [5.41, 5.74) is 2.26. The van der Waals surface area contributed by atoms with Crippen LogP contribution in [0.15, 0.2) is 30.3 Å². The number of unbranched alkanes of at least 4 members (excludes halogenated alkanes) is 1. The lowest BCUT2D eigenvalue weighted by Gasteiger charge is -2.04. The van der Waals surface area contributed by atoms with E-state index in [0.29, 0.717) is 25.3 Å². The molecule has 1 amide bonds. The maximum absolute atomic E-state index is 11.6. The quantitative estimate of drug-likeness (QED) is 0.570. The maximum Gasteiger partial charge on any atom is 0.303 e. The maximum atomic E-state index is 11.6. The molecule has 1 aromatic rings. The van der Waals surface area contributed by atoms with E-state index in [4.69, 9.17) is 5.11 Å². The van der Waals surface area contributed by atoms with Crippen LogP contribution in [-0.2, 0) is 9.59 Å². The van der Waals surface area contributed by atoms with Gasteiger partial charge in [-0.3, -0.25) is 9.59 Å². The van der Waals surface area contributed by atoms with Crippen LogP contribution in [0.2, 0.25) is 0 Å². The first-order valence-corrected chi connectivity index (χ1v) is 7.26. The van der Waals surface area contributed by atoms with Crippen molar-refractivity contribution in [2.75, 3.05) is 6.54 Å². The first-order valence-electron chi connectivity index (χ1n) is 7.26. The molecule has 0 heterocycles. The zero-order valence-corrected chi connectivity index (χ0v) is 12.6. The zero-order valence-electron chi connectivity index (χ0n) is 12.6. The Kier molecular flexibility index (Phi) is 7.23. The summed E-state index contributed by atoms with van der Waals surface area (Å²) in [5, 5.41) is 11.2. The molecule has 0 radical (unpaired) electrons. The third-order valence-electron chi connectivity index (χ3n) is 3.15. The Hall–Kier alpha value is -2.10. The summed E-state index contributed by atoms with van der Waals surface area (Å²) in [4.78, 5) is 21.9.